The van der Waals surface area contributed by atoms with Crippen molar-refractivity contribution in [2.75, 3.05) is 18.0 Å². The smallest absolute Gasteiger partial charge is 0.370 e. The molecule has 0 radical (unpaired) electrons. The monoisotopic (exact) mass is 419 g/mol. The van der Waals surface area contributed by atoms with E-state index in [1.54, 1.807) is 23.1 Å². The summed E-state index contributed by atoms with van der Waals surface area (Å²) in [7, 11) is 0. The number of fused-ring (bicyclic) bond motifs is 1. The molecule has 158 valence electrons. The molecule has 1 aliphatic carbocycles. The SMILES string of the molecule is Fc1ccccc1C1CCN(c2cnn3c(CC4CC4)nnc3c2C(F)(F)F)CC1. The molecule has 2 aliphatic rings. The Labute approximate surface area is 170 Å². The molecule has 5 nitrogen and oxygen atoms in total. The van der Waals surface area contributed by atoms with Gasteiger partial charge in [0.15, 0.2) is 11.5 Å². The van der Waals surface area contributed by atoms with E-state index in [9.17, 15) is 17.6 Å². The number of rotatable bonds is 4. The first-order chi connectivity index (χ1) is 14.4. The van der Waals surface area contributed by atoms with Gasteiger partial charge in [-0.25, -0.2) is 4.39 Å². The van der Waals surface area contributed by atoms with Gasteiger partial charge in [-0.2, -0.15) is 22.8 Å². The minimum Gasteiger partial charge on any atom is -0.370 e. The highest BCUT2D eigenvalue weighted by Gasteiger charge is 2.40. The van der Waals surface area contributed by atoms with Crippen molar-refractivity contribution in [1.29, 1.82) is 0 Å². The third-order valence-corrected chi connectivity index (χ3v) is 6.11. The third-order valence-electron chi connectivity index (χ3n) is 6.11. The summed E-state index contributed by atoms with van der Waals surface area (Å²) in [6.45, 7) is 0.784. The standard InChI is InChI=1S/C21H21F4N5/c22-16-4-2-1-3-15(16)14-7-9-29(10-8-14)17-12-26-30-18(11-13-5-6-13)27-28-20(30)19(17)21(23,24)25/h1-4,12-14H,5-11H2. The highest BCUT2D eigenvalue weighted by atomic mass is 19.4. The van der Waals surface area contributed by atoms with Gasteiger partial charge in [0, 0.05) is 19.5 Å². The summed E-state index contributed by atoms with van der Waals surface area (Å²) in [5.74, 6) is 0.668. The molecular formula is C21H21F4N5. The number of alkyl halides is 3. The van der Waals surface area contributed by atoms with E-state index in [-0.39, 0.29) is 23.1 Å². The van der Waals surface area contributed by atoms with Crippen LogP contribution in [0.15, 0.2) is 30.5 Å². The summed E-state index contributed by atoms with van der Waals surface area (Å²) in [6.07, 6.45) is 0.571. The highest BCUT2D eigenvalue weighted by molar-refractivity contribution is 5.65. The van der Waals surface area contributed by atoms with Gasteiger partial charge in [0.05, 0.1) is 11.9 Å². The molecule has 2 fully saturated rings. The van der Waals surface area contributed by atoms with Gasteiger partial charge < -0.3 is 4.90 Å². The van der Waals surface area contributed by atoms with Crippen LogP contribution in [0, 0.1) is 11.7 Å². The summed E-state index contributed by atoms with van der Waals surface area (Å²) in [5.41, 5.74) is -0.389. The fourth-order valence-corrected chi connectivity index (χ4v) is 4.34. The molecule has 30 heavy (non-hydrogen) atoms. The lowest BCUT2D eigenvalue weighted by Gasteiger charge is -2.35. The van der Waals surface area contributed by atoms with Crippen LogP contribution in [-0.2, 0) is 12.6 Å². The Morgan fingerprint density at radius 2 is 1.73 bits per heavy atom. The molecular weight excluding hydrogens is 398 g/mol. The van der Waals surface area contributed by atoms with Gasteiger partial charge >= 0.3 is 6.18 Å². The molecule has 5 rings (SSSR count). The minimum absolute atomic E-state index is 0.00767. The van der Waals surface area contributed by atoms with E-state index in [4.69, 9.17) is 0 Å². The maximum atomic E-state index is 14.1. The topological polar surface area (TPSA) is 46.3 Å². The maximum Gasteiger partial charge on any atom is 0.422 e. The molecule has 3 heterocycles. The fourth-order valence-electron chi connectivity index (χ4n) is 4.34. The maximum absolute atomic E-state index is 14.1. The zero-order chi connectivity index (χ0) is 20.9. The Balaban J connectivity index is 1.45. The zero-order valence-corrected chi connectivity index (χ0v) is 16.2. The summed E-state index contributed by atoms with van der Waals surface area (Å²) in [4.78, 5) is 1.68. The number of aromatic nitrogens is 4. The van der Waals surface area contributed by atoms with Crippen LogP contribution in [0.4, 0.5) is 23.2 Å². The lowest BCUT2D eigenvalue weighted by molar-refractivity contribution is -0.136. The molecule has 0 N–H and O–H groups in total. The number of piperidine rings is 1. The van der Waals surface area contributed by atoms with Crippen molar-refractivity contribution in [3.63, 3.8) is 0 Å². The molecule has 3 aromatic rings. The van der Waals surface area contributed by atoms with Gasteiger partial charge in [0.1, 0.15) is 11.4 Å². The number of halogens is 4. The Kier molecular flexibility index (Phi) is 4.63. The Bertz CT molecular complexity index is 1060. The predicted octanol–water partition coefficient (Wildman–Crippen LogP) is 4.62. The van der Waals surface area contributed by atoms with E-state index in [1.807, 2.05) is 0 Å². The van der Waals surface area contributed by atoms with Crippen LogP contribution < -0.4 is 4.90 Å². The van der Waals surface area contributed by atoms with Crippen LogP contribution in [-0.4, -0.2) is 32.9 Å². The van der Waals surface area contributed by atoms with Crippen molar-refractivity contribution >= 4 is 11.3 Å². The molecule has 0 unspecified atom stereocenters. The fraction of sp³-hybridized carbons (Fsp3) is 0.476. The van der Waals surface area contributed by atoms with E-state index < -0.39 is 11.7 Å². The van der Waals surface area contributed by atoms with Crippen LogP contribution in [0.2, 0.25) is 0 Å². The molecule has 1 saturated carbocycles. The van der Waals surface area contributed by atoms with E-state index >= 15 is 0 Å². The third kappa shape index (κ3) is 3.50. The summed E-state index contributed by atoms with van der Waals surface area (Å²) >= 11 is 0. The van der Waals surface area contributed by atoms with Crippen molar-refractivity contribution in [3.05, 3.63) is 53.2 Å². The van der Waals surface area contributed by atoms with E-state index in [0.29, 0.717) is 49.7 Å². The minimum atomic E-state index is -4.58. The summed E-state index contributed by atoms with van der Waals surface area (Å²) < 4.78 is 57.4. The van der Waals surface area contributed by atoms with Crippen molar-refractivity contribution in [3.8, 4) is 0 Å². The first-order valence-electron chi connectivity index (χ1n) is 10.2. The molecule has 1 aromatic carbocycles. The average Bonchev–Trinajstić information content (AvgIpc) is 3.45. The summed E-state index contributed by atoms with van der Waals surface area (Å²) in [5, 5.41) is 12.1. The normalized spacial score (nSPS) is 18.3. The largest absolute Gasteiger partial charge is 0.422 e. The lowest BCUT2D eigenvalue weighted by Crippen LogP contribution is -2.35. The Morgan fingerprint density at radius 1 is 1.00 bits per heavy atom. The number of hydrogen-bond acceptors (Lipinski definition) is 4. The van der Waals surface area contributed by atoms with E-state index in [2.05, 4.69) is 15.3 Å². The van der Waals surface area contributed by atoms with Gasteiger partial charge in [-0.1, -0.05) is 18.2 Å². The number of benzene rings is 1. The quantitative estimate of drug-likeness (QED) is 0.579. The number of nitrogens with zero attached hydrogens (tertiary/aromatic N) is 5. The van der Waals surface area contributed by atoms with Crippen LogP contribution in [0.25, 0.3) is 5.65 Å². The van der Waals surface area contributed by atoms with Crippen molar-refractivity contribution < 1.29 is 17.6 Å². The molecule has 0 bridgehead atoms. The number of hydrogen-bond donors (Lipinski definition) is 0. The van der Waals surface area contributed by atoms with Gasteiger partial charge in [-0.05, 0) is 49.1 Å². The van der Waals surface area contributed by atoms with E-state index in [1.165, 1.54) is 16.8 Å². The Morgan fingerprint density at radius 3 is 2.40 bits per heavy atom. The van der Waals surface area contributed by atoms with Gasteiger partial charge in [0.2, 0.25) is 0 Å². The van der Waals surface area contributed by atoms with Crippen LogP contribution >= 0.6 is 0 Å². The first-order valence-corrected chi connectivity index (χ1v) is 10.2. The van der Waals surface area contributed by atoms with Gasteiger partial charge in [-0.15, -0.1) is 10.2 Å². The highest BCUT2D eigenvalue weighted by Crippen LogP contribution is 2.41. The molecule has 1 saturated heterocycles. The summed E-state index contributed by atoms with van der Waals surface area (Å²) in [6, 6.07) is 6.60. The van der Waals surface area contributed by atoms with Gasteiger partial charge in [0.25, 0.3) is 0 Å². The molecule has 0 spiro atoms. The predicted molar refractivity (Wildman–Crippen MR) is 103 cm³/mol. The van der Waals surface area contributed by atoms with E-state index in [0.717, 1.165) is 12.8 Å². The van der Waals surface area contributed by atoms with Crippen LogP contribution in [0.3, 0.4) is 0 Å². The second-order valence-corrected chi connectivity index (χ2v) is 8.18. The van der Waals surface area contributed by atoms with Gasteiger partial charge in [-0.3, -0.25) is 0 Å². The Hall–Kier alpha value is -2.71. The van der Waals surface area contributed by atoms with Crippen molar-refractivity contribution in [2.45, 2.75) is 44.2 Å². The van der Waals surface area contributed by atoms with Crippen LogP contribution in [0.5, 0.6) is 0 Å². The van der Waals surface area contributed by atoms with Crippen molar-refractivity contribution in [2.24, 2.45) is 5.92 Å². The average molecular weight is 419 g/mol. The molecule has 2 aromatic heterocycles. The second kappa shape index (κ2) is 7.21. The molecule has 1 aliphatic heterocycles. The molecule has 0 atom stereocenters. The number of anilines is 1. The lowest BCUT2D eigenvalue weighted by atomic mass is 9.89. The zero-order valence-electron chi connectivity index (χ0n) is 16.2. The second-order valence-electron chi connectivity index (χ2n) is 8.18. The first kappa shape index (κ1) is 19.3. The molecule has 9 heteroatoms. The van der Waals surface area contributed by atoms with Crippen LogP contribution in [0.1, 0.15) is 48.6 Å². The van der Waals surface area contributed by atoms with Crippen molar-refractivity contribution in [1.82, 2.24) is 19.8 Å². The molecule has 0 amide bonds.